The summed E-state index contributed by atoms with van der Waals surface area (Å²) in [5.74, 6) is 0. The molecular weight excluding hydrogens is 207 g/mol. The first kappa shape index (κ1) is 23.8. The van der Waals surface area contributed by atoms with Crippen molar-refractivity contribution in [3.8, 4) is 0 Å². The molecule has 0 aromatic heterocycles. The maximum atomic E-state index is 8.33. The van der Waals surface area contributed by atoms with Gasteiger partial charge in [0.25, 0.3) is 0 Å². The predicted molar refractivity (Wildman–Crippen MR) is 11.8 cm³/mol. The van der Waals surface area contributed by atoms with Crippen LogP contribution in [0.4, 0.5) is 4.79 Å². The molecule has 0 aromatic carbocycles. The summed E-state index contributed by atoms with van der Waals surface area (Å²) in [7, 11) is 0. The van der Waals surface area contributed by atoms with Gasteiger partial charge in [-0.05, 0) is 6.16 Å². The molecular formula is CCaO4Zr+2. The largest absolute Gasteiger partial charge is 4.00 e. The number of carbonyl (C=O) groups excluding carboxylic acids is 1. The summed E-state index contributed by atoms with van der Waals surface area (Å²) in [6.07, 6.45) is -2.33. The average molecular weight is 207 g/mol. The third-order valence-corrected chi connectivity index (χ3v) is 0. The molecule has 0 radical (unpaired) electrons. The molecule has 0 rings (SSSR count). The summed E-state index contributed by atoms with van der Waals surface area (Å²) in [5.41, 5.74) is 0. The summed E-state index contributed by atoms with van der Waals surface area (Å²) in [4.78, 5) is 8.33. The molecule has 0 aliphatic heterocycles. The number of carboxylic acid groups (broad SMARTS) is 2. The topological polar surface area (TPSA) is 91.7 Å². The molecule has 0 saturated carbocycles. The van der Waals surface area contributed by atoms with E-state index < -0.39 is 6.16 Å². The van der Waals surface area contributed by atoms with Crippen LogP contribution in [0, 0.1) is 0 Å². The van der Waals surface area contributed by atoms with E-state index in [2.05, 4.69) is 0 Å². The zero-order valence-electron chi connectivity index (χ0n) is 3.34. The fraction of sp³-hybridized carbons (Fsp3) is 0. The fourth-order valence-corrected chi connectivity index (χ4v) is 0. The molecule has 7 heavy (non-hydrogen) atoms. The van der Waals surface area contributed by atoms with Crippen molar-refractivity contribution in [1.82, 2.24) is 0 Å². The van der Waals surface area contributed by atoms with Gasteiger partial charge in [0.15, 0.2) is 0 Å². The third kappa shape index (κ3) is 113. The van der Waals surface area contributed by atoms with Crippen molar-refractivity contribution < 1.29 is 46.7 Å². The molecule has 4 nitrogen and oxygen atoms in total. The first-order valence-corrected chi connectivity index (χ1v) is 0.612. The van der Waals surface area contributed by atoms with Crippen molar-refractivity contribution in [3.63, 3.8) is 0 Å². The fourth-order valence-electron chi connectivity index (χ4n) is 0. The second-order valence-corrected chi connectivity index (χ2v) is 0.250. The molecule has 0 fully saturated rings. The number of hydrogen-bond donors (Lipinski definition) is 0. The Kier molecular flexibility index (Phi) is 53.2. The Balaban J connectivity index is -0.0000000150. The van der Waals surface area contributed by atoms with Gasteiger partial charge >= 0.3 is 63.9 Å². The van der Waals surface area contributed by atoms with Crippen LogP contribution in [0.1, 0.15) is 0 Å². The molecule has 0 saturated heterocycles. The van der Waals surface area contributed by atoms with E-state index in [-0.39, 0.29) is 69.4 Å². The first-order chi connectivity index (χ1) is 1.73. The Hall–Kier alpha value is 1.37. The van der Waals surface area contributed by atoms with Gasteiger partial charge in [-0.1, -0.05) is 0 Å². The predicted octanol–water partition coefficient (Wildman–Crippen LogP) is -2.95. The van der Waals surface area contributed by atoms with Gasteiger partial charge in [-0.3, -0.25) is 0 Å². The Morgan fingerprint density at radius 1 is 1.29 bits per heavy atom. The van der Waals surface area contributed by atoms with Crippen LogP contribution in [0.3, 0.4) is 0 Å². The molecule has 32 valence electrons. The van der Waals surface area contributed by atoms with Gasteiger partial charge < -0.3 is 20.5 Å². The zero-order valence-corrected chi connectivity index (χ0v) is 8.01. The van der Waals surface area contributed by atoms with E-state index in [4.69, 9.17) is 15.0 Å². The monoisotopic (exact) mass is 206 g/mol. The molecule has 0 aliphatic carbocycles. The molecule has 0 N–H and O–H groups in total. The maximum Gasteiger partial charge on any atom is 4.00 e. The Labute approximate surface area is 89.3 Å². The molecule has 6 heteroatoms. The normalized spacial score (nSPS) is 3.43. The number of rotatable bonds is 0. The standard InChI is InChI=1S/CH2O3.Ca.O.Zr/c2-1(3)4;;;/h(H2,2,3,4);;;/q;+2;-2;+4/p-2. The summed E-state index contributed by atoms with van der Waals surface area (Å²) in [6.45, 7) is 0. The molecule has 0 bridgehead atoms. The van der Waals surface area contributed by atoms with Crippen LogP contribution in [-0.4, -0.2) is 43.9 Å². The van der Waals surface area contributed by atoms with E-state index in [0.29, 0.717) is 0 Å². The van der Waals surface area contributed by atoms with Gasteiger partial charge in [-0.25, -0.2) is 0 Å². The van der Waals surface area contributed by atoms with Crippen LogP contribution in [0.25, 0.3) is 0 Å². The average Bonchev–Trinajstić information content (AvgIpc) is 0.811. The van der Waals surface area contributed by atoms with Crippen LogP contribution < -0.4 is 10.2 Å². The van der Waals surface area contributed by atoms with E-state index >= 15 is 0 Å². The third-order valence-electron chi connectivity index (χ3n) is 0. The molecule has 0 aliphatic rings. The molecule has 0 amide bonds. The maximum absolute atomic E-state index is 8.33. The summed E-state index contributed by atoms with van der Waals surface area (Å²) in [6, 6.07) is 0. The van der Waals surface area contributed by atoms with Crippen molar-refractivity contribution in [3.05, 3.63) is 0 Å². The Bertz CT molecular complexity index is 34.7. The van der Waals surface area contributed by atoms with Gasteiger partial charge in [0.05, 0.1) is 0 Å². The minimum absolute atomic E-state index is 0. The number of hydrogen-bond acceptors (Lipinski definition) is 3. The minimum Gasteiger partial charge on any atom is -2.00 e. The first-order valence-electron chi connectivity index (χ1n) is 0.612. The SMILES string of the molecule is O=C([O-])[O-].[Ca+2].[O-2].[Zr+4]. The van der Waals surface area contributed by atoms with Crippen LogP contribution in [0.2, 0.25) is 0 Å². The van der Waals surface area contributed by atoms with Crippen LogP contribution in [0.15, 0.2) is 0 Å². The number of carbonyl (C=O) groups is 1. The summed E-state index contributed by atoms with van der Waals surface area (Å²) < 4.78 is 0. The minimum atomic E-state index is -2.33. The van der Waals surface area contributed by atoms with Crippen molar-refractivity contribution in [2.24, 2.45) is 0 Å². The second-order valence-electron chi connectivity index (χ2n) is 0.250. The Morgan fingerprint density at radius 2 is 1.29 bits per heavy atom. The molecule has 0 spiro atoms. The van der Waals surface area contributed by atoms with Crippen molar-refractivity contribution in [1.29, 1.82) is 0 Å². The van der Waals surface area contributed by atoms with Gasteiger partial charge in [-0.2, -0.15) is 0 Å². The van der Waals surface area contributed by atoms with Crippen molar-refractivity contribution in [2.75, 3.05) is 0 Å². The van der Waals surface area contributed by atoms with Gasteiger partial charge in [0.2, 0.25) is 0 Å². The van der Waals surface area contributed by atoms with Crippen LogP contribution in [0.5, 0.6) is 0 Å². The molecule has 0 atom stereocenters. The zero-order chi connectivity index (χ0) is 3.58. The van der Waals surface area contributed by atoms with Gasteiger partial charge in [0, 0.05) is 0 Å². The van der Waals surface area contributed by atoms with Gasteiger partial charge in [0.1, 0.15) is 0 Å². The second kappa shape index (κ2) is 15.7. The van der Waals surface area contributed by atoms with E-state index in [0.717, 1.165) is 0 Å². The van der Waals surface area contributed by atoms with Crippen LogP contribution in [-0.2, 0) is 31.7 Å². The van der Waals surface area contributed by atoms with Crippen molar-refractivity contribution in [2.45, 2.75) is 0 Å². The van der Waals surface area contributed by atoms with Gasteiger partial charge in [-0.15, -0.1) is 0 Å². The van der Waals surface area contributed by atoms with E-state index in [9.17, 15) is 0 Å². The van der Waals surface area contributed by atoms with E-state index in [1.54, 1.807) is 0 Å². The van der Waals surface area contributed by atoms with Crippen molar-refractivity contribution >= 4 is 43.9 Å². The molecule has 0 unspecified atom stereocenters. The quantitative estimate of drug-likeness (QED) is 0.398. The summed E-state index contributed by atoms with van der Waals surface area (Å²) in [5, 5.41) is 16.7. The van der Waals surface area contributed by atoms with Crippen LogP contribution >= 0.6 is 0 Å². The molecule has 0 aromatic rings. The van der Waals surface area contributed by atoms with E-state index in [1.807, 2.05) is 0 Å². The van der Waals surface area contributed by atoms with E-state index in [1.165, 1.54) is 0 Å². The molecule has 0 heterocycles. The smallest absolute Gasteiger partial charge is 2.00 e. The Morgan fingerprint density at radius 3 is 1.29 bits per heavy atom. The summed E-state index contributed by atoms with van der Waals surface area (Å²) >= 11 is 0.